The molecule has 2 unspecified atom stereocenters. The summed E-state index contributed by atoms with van der Waals surface area (Å²) in [4.78, 5) is 2.17. The first-order chi connectivity index (χ1) is 9.63. The second-order valence-corrected chi connectivity index (χ2v) is 7.65. The van der Waals surface area contributed by atoms with Crippen LogP contribution in [0.15, 0.2) is 10.7 Å². The van der Waals surface area contributed by atoms with Crippen LogP contribution in [-0.4, -0.2) is 46.3 Å². The number of halogens is 1. The Kier molecular flexibility index (Phi) is 6.35. The molecule has 0 radical (unpaired) electrons. The van der Waals surface area contributed by atoms with Gasteiger partial charge in [0, 0.05) is 11.8 Å². The monoisotopic (exact) mass is 361 g/mol. The van der Waals surface area contributed by atoms with Gasteiger partial charge in [0.2, 0.25) is 0 Å². The maximum atomic E-state index is 5.85. The fourth-order valence-electron chi connectivity index (χ4n) is 2.54. The maximum Gasteiger partial charge on any atom is 0.0758 e. The number of likely N-dealkylation sites (N-methyl/N-ethyl adjacent to an activating group) is 1. The first kappa shape index (κ1) is 16.3. The second-order valence-electron chi connectivity index (χ2n) is 5.45. The van der Waals surface area contributed by atoms with Crippen LogP contribution in [0.1, 0.15) is 31.0 Å². The highest BCUT2D eigenvalue weighted by atomic mass is 79.9. The summed E-state index contributed by atoms with van der Waals surface area (Å²) in [7, 11) is 4.15. The second kappa shape index (κ2) is 7.79. The Labute approximate surface area is 133 Å². The van der Waals surface area contributed by atoms with E-state index < -0.39 is 0 Å². The summed E-state index contributed by atoms with van der Waals surface area (Å²) in [5, 5.41) is 5.02. The van der Waals surface area contributed by atoms with E-state index in [1.54, 1.807) is 0 Å². The molecule has 1 saturated heterocycles. The lowest BCUT2D eigenvalue weighted by molar-refractivity contribution is 0.359. The van der Waals surface area contributed by atoms with Gasteiger partial charge < -0.3 is 4.90 Å². The predicted molar refractivity (Wildman–Crippen MR) is 88.6 cm³/mol. The Morgan fingerprint density at radius 3 is 3.00 bits per heavy atom. The fraction of sp³-hybridized carbons (Fsp3) is 0.769. The third kappa shape index (κ3) is 3.98. The van der Waals surface area contributed by atoms with Crippen molar-refractivity contribution in [3.63, 3.8) is 0 Å². The van der Waals surface area contributed by atoms with Crippen LogP contribution in [0, 0.1) is 0 Å². The van der Waals surface area contributed by atoms with Gasteiger partial charge in [-0.05, 0) is 48.6 Å². The highest BCUT2D eigenvalue weighted by Crippen LogP contribution is 2.36. The molecule has 2 heterocycles. The molecule has 1 aromatic heterocycles. The molecule has 0 saturated carbocycles. The van der Waals surface area contributed by atoms with Gasteiger partial charge in [-0.1, -0.05) is 6.42 Å². The van der Waals surface area contributed by atoms with Crippen LogP contribution in [0.5, 0.6) is 0 Å². The number of rotatable bonds is 6. The molecule has 2 rings (SSSR count). The van der Waals surface area contributed by atoms with Gasteiger partial charge in [0.25, 0.3) is 0 Å². The third-order valence-electron chi connectivity index (χ3n) is 3.65. The largest absolute Gasteiger partial charge is 0.308 e. The summed E-state index contributed by atoms with van der Waals surface area (Å²) in [6.45, 7) is 1.85. The van der Waals surface area contributed by atoms with Crippen molar-refractivity contribution in [1.82, 2.24) is 20.1 Å². The van der Waals surface area contributed by atoms with E-state index >= 15 is 0 Å². The maximum absolute atomic E-state index is 5.85. The van der Waals surface area contributed by atoms with Gasteiger partial charge in [-0.2, -0.15) is 16.9 Å². The Hall–Kier alpha value is -0.0800. The average Bonchev–Trinajstić information content (AvgIpc) is 2.80. The van der Waals surface area contributed by atoms with Crippen LogP contribution in [0.4, 0.5) is 0 Å². The third-order valence-corrected chi connectivity index (χ3v) is 5.72. The van der Waals surface area contributed by atoms with E-state index in [0.717, 1.165) is 17.6 Å². The van der Waals surface area contributed by atoms with Crippen LogP contribution < -0.4 is 11.3 Å². The summed E-state index contributed by atoms with van der Waals surface area (Å²) < 4.78 is 3.12. The summed E-state index contributed by atoms with van der Waals surface area (Å²) in [6, 6.07) is 0.152. The summed E-state index contributed by atoms with van der Waals surface area (Å²) in [6.07, 6.45) is 5.70. The van der Waals surface area contributed by atoms with Crippen molar-refractivity contribution in [2.75, 3.05) is 26.4 Å². The number of nitrogens with one attached hydrogen (secondary N) is 1. The molecule has 1 aromatic rings. The number of nitrogens with two attached hydrogens (primary N) is 1. The topological polar surface area (TPSA) is 59.1 Å². The lowest BCUT2D eigenvalue weighted by Crippen LogP contribution is -2.38. The minimum Gasteiger partial charge on any atom is -0.308 e. The molecular weight excluding hydrogens is 338 g/mol. The summed E-state index contributed by atoms with van der Waals surface area (Å²) >= 11 is 5.65. The number of hydrogen-bond donors (Lipinski definition) is 2. The lowest BCUT2D eigenvalue weighted by atomic mass is 10.0. The van der Waals surface area contributed by atoms with Gasteiger partial charge in [-0.3, -0.25) is 16.0 Å². The zero-order chi connectivity index (χ0) is 14.5. The van der Waals surface area contributed by atoms with Gasteiger partial charge in [-0.25, -0.2) is 0 Å². The molecule has 0 spiro atoms. The zero-order valence-corrected chi connectivity index (χ0v) is 14.6. The smallest absolute Gasteiger partial charge is 0.0758 e. The Balaban J connectivity index is 2.17. The lowest BCUT2D eigenvalue weighted by Gasteiger charge is -2.30. The van der Waals surface area contributed by atoms with Crippen LogP contribution in [0.2, 0.25) is 0 Å². The van der Waals surface area contributed by atoms with Crippen molar-refractivity contribution >= 4 is 27.7 Å². The van der Waals surface area contributed by atoms with E-state index in [1.165, 1.54) is 30.7 Å². The minimum atomic E-state index is 0.152. The van der Waals surface area contributed by atoms with Crippen molar-refractivity contribution in [2.45, 2.75) is 37.1 Å². The molecule has 20 heavy (non-hydrogen) atoms. The summed E-state index contributed by atoms with van der Waals surface area (Å²) in [5.74, 6) is 7.08. The quantitative estimate of drug-likeness (QED) is 0.599. The van der Waals surface area contributed by atoms with Crippen molar-refractivity contribution in [3.8, 4) is 0 Å². The van der Waals surface area contributed by atoms with E-state index in [-0.39, 0.29) is 6.04 Å². The first-order valence-corrected chi connectivity index (χ1v) is 8.91. The molecule has 2 atom stereocenters. The molecule has 1 aliphatic heterocycles. The van der Waals surface area contributed by atoms with E-state index in [0.29, 0.717) is 5.25 Å². The predicted octanol–water partition coefficient (Wildman–Crippen LogP) is 2.00. The highest BCUT2D eigenvalue weighted by molar-refractivity contribution is 9.10. The molecule has 1 aliphatic rings. The van der Waals surface area contributed by atoms with Crippen molar-refractivity contribution < 1.29 is 0 Å². The fourth-order valence-corrected chi connectivity index (χ4v) is 4.49. The standard InChI is InChI=1S/C13H24BrN5S/c1-18(2)6-7-19-13(10(14)9-16-19)12(17-15)11-5-3-4-8-20-11/h9,11-12,17H,3-8,15H2,1-2H3. The zero-order valence-electron chi connectivity index (χ0n) is 12.2. The molecule has 114 valence electrons. The Morgan fingerprint density at radius 2 is 2.40 bits per heavy atom. The molecule has 5 nitrogen and oxygen atoms in total. The van der Waals surface area contributed by atoms with E-state index in [1.807, 2.05) is 18.0 Å². The van der Waals surface area contributed by atoms with Crippen LogP contribution in [-0.2, 0) is 6.54 Å². The highest BCUT2D eigenvalue weighted by Gasteiger charge is 2.29. The molecule has 0 bridgehead atoms. The molecule has 3 N–H and O–H groups in total. The van der Waals surface area contributed by atoms with Crippen molar-refractivity contribution in [3.05, 3.63) is 16.4 Å². The van der Waals surface area contributed by atoms with Gasteiger partial charge in [0.1, 0.15) is 0 Å². The first-order valence-electron chi connectivity index (χ1n) is 7.07. The van der Waals surface area contributed by atoms with Crippen LogP contribution in [0.3, 0.4) is 0 Å². The van der Waals surface area contributed by atoms with Gasteiger partial charge in [0.15, 0.2) is 0 Å². The van der Waals surface area contributed by atoms with E-state index in [9.17, 15) is 0 Å². The minimum absolute atomic E-state index is 0.152. The van der Waals surface area contributed by atoms with Crippen LogP contribution >= 0.6 is 27.7 Å². The molecule has 7 heteroatoms. The normalized spacial score (nSPS) is 21.4. The van der Waals surface area contributed by atoms with Gasteiger partial charge in [-0.15, -0.1) is 0 Å². The van der Waals surface area contributed by atoms with Gasteiger partial charge >= 0.3 is 0 Å². The molecule has 1 fully saturated rings. The molecule has 0 amide bonds. The number of thioether (sulfide) groups is 1. The number of hydrogen-bond acceptors (Lipinski definition) is 5. The van der Waals surface area contributed by atoms with Crippen molar-refractivity contribution in [1.29, 1.82) is 0 Å². The average molecular weight is 362 g/mol. The number of aromatic nitrogens is 2. The Bertz CT molecular complexity index is 417. The van der Waals surface area contributed by atoms with Gasteiger partial charge in [0.05, 0.1) is 29.0 Å². The molecular formula is C13H24BrN5S. The number of hydrazine groups is 1. The summed E-state index contributed by atoms with van der Waals surface area (Å²) in [5.41, 5.74) is 4.19. The molecule has 0 aliphatic carbocycles. The van der Waals surface area contributed by atoms with E-state index in [2.05, 4.69) is 50.1 Å². The van der Waals surface area contributed by atoms with E-state index in [4.69, 9.17) is 5.84 Å². The number of nitrogens with zero attached hydrogens (tertiary/aromatic N) is 3. The SMILES string of the molecule is CN(C)CCn1ncc(Br)c1C(NN)C1CCCCS1. The Morgan fingerprint density at radius 1 is 1.60 bits per heavy atom. The molecule has 0 aromatic carbocycles. The van der Waals surface area contributed by atoms with Crippen molar-refractivity contribution in [2.24, 2.45) is 5.84 Å². The van der Waals surface area contributed by atoms with Crippen LogP contribution in [0.25, 0.3) is 0 Å².